The summed E-state index contributed by atoms with van der Waals surface area (Å²) in [6.07, 6.45) is 1.71. The zero-order chi connectivity index (χ0) is 21.0. The largest absolute Gasteiger partial charge is 0.353 e. The van der Waals surface area contributed by atoms with E-state index in [0.29, 0.717) is 31.4 Å². The molecule has 0 aliphatic carbocycles. The van der Waals surface area contributed by atoms with Gasteiger partial charge in [0.05, 0.1) is 12.2 Å². The molecule has 1 aromatic carbocycles. The highest BCUT2D eigenvalue weighted by Gasteiger charge is 2.27. The minimum atomic E-state index is -0.0190. The van der Waals surface area contributed by atoms with Crippen LogP contribution in [0.4, 0.5) is 0 Å². The molecule has 0 saturated carbocycles. The fraction of sp³-hybridized carbons (Fsp3) is 0.500. The summed E-state index contributed by atoms with van der Waals surface area (Å²) in [4.78, 5) is 28.8. The van der Waals surface area contributed by atoms with E-state index in [0.717, 1.165) is 24.1 Å². The van der Waals surface area contributed by atoms with E-state index in [1.54, 1.807) is 0 Å². The molecular formula is C22H31N5O2. The number of carbonyl (C=O) groups excluding carboxylic acids is 2. The lowest BCUT2D eigenvalue weighted by Gasteiger charge is -2.36. The monoisotopic (exact) mass is 397 g/mol. The molecule has 1 aliphatic rings. The summed E-state index contributed by atoms with van der Waals surface area (Å²) in [6.45, 7) is 7.71. The first-order valence-electron chi connectivity index (χ1n) is 10.2. The standard InChI is InChI=1S/C22H31N5O2/c1-15(2)23-21(28)14-26(4)18-9-11-27(12-10-18)22(29)20-13-19(24-25-20)17-7-5-16(3)6-8-17/h5-8,13,15,18H,9-12,14H2,1-4H3,(H,23,28)(H,24,25). The molecule has 1 aliphatic heterocycles. The average molecular weight is 398 g/mol. The molecule has 0 radical (unpaired) electrons. The van der Waals surface area contributed by atoms with Gasteiger partial charge in [-0.25, -0.2) is 0 Å². The number of likely N-dealkylation sites (tertiary alicyclic amines) is 1. The Kier molecular flexibility index (Phi) is 6.69. The van der Waals surface area contributed by atoms with Crippen molar-refractivity contribution in [3.05, 3.63) is 41.6 Å². The van der Waals surface area contributed by atoms with Gasteiger partial charge in [-0.05, 0) is 46.7 Å². The van der Waals surface area contributed by atoms with Crippen molar-refractivity contribution < 1.29 is 9.59 Å². The maximum absolute atomic E-state index is 12.9. The van der Waals surface area contributed by atoms with E-state index in [1.807, 2.05) is 63.1 Å². The van der Waals surface area contributed by atoms with Crippen molar-refractivity contribution in [3.63, 3.8) is 0 Å². The van der Waals surface area contributed by atoms with E-state index < -0.39 is 0 Å². The highest BCUT2D eigenvalue weighted by molar-refractivity contribution is 5.93. The zero-order valence-electron chi connectivity index (χ0n) is 17.7. The van der Waals surface area contributed by atoms with E-state index >= 15 is 0 Å². The molecule has 2 heterocycles. The Bertz CT molecular complexity index is 835. The van der Waals surface area contributed by atoms with Crippen molar-refractivity contribution in [1.82, 2.24) is 25.3 Å². The number of likely N-dealkylation sites (N-methyl/N-ethyl adjacent to an activating group) is 1. The van der Waals surface area contributed by atoms with Gasteiger partial charge >= 0.3 is 0 Å². The maximum Gasteiger partial charge on any atom is 0.271 e. The van der Waals surface area contributed by atoms with Gasteiger partial charge in [0.2, 0.25) is 5.91 Å². The van der Waals surface area contributed by atoms with Gasteiger partial charge in [0.15, 0.2) is 0 Å². The minimum Gasteiger partial charge on any atom is -0.353 e. The Morgan fingerprint density at radius 1 is 1.24 bits per heavy atom. The molecule has 1 aromatic heterocycles. The molecule has 2 aromatic rings. The maximum atomic E-state index is 12.9. The van der Waals surface area contributed by atoms with Crippen molar-refractivity contribution in [2.75, 3.05) is 26.7 Å². The van der Waals surface area contributed by atoms with Crippen LogP contribution in [0.3, 0.4) is 0 Å². The van der Waals surface area contributed by atoms with Crippen LogP contribution in [0.5, 0.6) is 0 Å². The van der Waals surface area contributed by atoms with Crippen molar-refractivity contribution in [3.8, 4) is 11.3 Å². The lowest BCUT2D eigenvalue weighted by molar-refractivity contribution is -0.123. The van der Waals surface area contributed by atoms with Crippen LogP contribution in [-0.2, 0) is 4.79 Å². The fourth-order valence-electron chi connectivity index (χ4n) is 3.71. The first kappa shape index (κ1) is 21.0. The molecule has 0 unspecified atom stereocenters. The number of aromatic amines is 1. The summed E-state index contributed by atoms with van der Waals surface area (Å²) >= 11 is 0. The minimum absolute atomic E-state index is 0.0190. The van der Waals surface area contributed by atoms with Gasteiger partial charge in [0.25, 0.3) is 5.91 Å². The Hall–Kier alpha value is -2.67. The van der Waals surface area contributed by atoms with Crippen LogP contribution in [0, 0.1) is 6.92 Å². The van der Waals surface area contributed by atoms with Gasteiger partial charge in [-0.1, -0.05) is 29.8 Å². The van der Waals surface area contributed by atoms with Gasteiger partial charge in [0, 0.05) is 30.7 Å². The van der Waals surface area contributed by atoms with Gasteiger partial charge in [-0.15, -0.1) is 0 Å². The average Bonchev–Trinajstić information content (AvgIpc) is 3.17. The molecule has 0 spiro atoms. The van der Waals surface area contributed by atoms with Crippen molar-refractivity contribution in [2.45, 2.75) is 45.7 Å². The zero-order valence-corrected chi connectivity index (χ0v) is 17.7. The number of hydrogen-bond acceptors (Lipinski definition) is 4. The SMILES string of the molecule is Cc1ccc(-c2cc(C(=O)N3CCC(N(C)CC(=O)NC(C)C)CC3)[nH]n2)cc1. The Balaban J connectivity index is 1.54. The number of aromatic nitrogens is 2. The number of aryl methyl sites for hydroxylation is 1. The number of amides is 2. The summed E-state index contributed by atoms with van der Waals surface area (Å²) in [5, 5.41) is 10.1. The Labute approximate surface area is 172 Å². The van der Waals surface area contributed by atoms with Gasteiger partial charge < -0.3 is 10.2 Å². The summed E-state index contributed by atoms with van der Waals surface area (Å²) in [5.41, 5.74) is 3.48. The molecule has 2 amide bonds. The Morgan fingerprint density at radius 2 is 1.90 bits per heavy atom. The molecule has 0 bridgehead atoms. The number of carbonyl (C=O) groups is 2. The second-order valence-electron chi connectivity index (χ2n) is 8.19. The van der Waals surface area contributed by atoms with E-state index in [1.165, 1.54) is 5.56 Å². The van der Waals surface area contributed by atoms with Gasteiger partial charge in [-0.3, -0.25) is 19.6 Å². The number of hydrogen-bond donors (Lipinski definition) is 2. The second-order valence-corrected chi connectivity index (χ2v) is 8.19. The number of nitrogens with one attached hydrogen (secondary N) is 2. The fourth-order valence-corrected chi connectivity index (χ4v) is 3.71. The lowest BCUT2D eigenvalue weighted by Crippen LogP contribution is -2.48. The van der Waals surface area contributed by atoms with Gasteiger partial charge in [0.1, 0.15) is 5.69 Å². The number of piperidine rings is 1. The Morgan fingerprint density at radius 3 is 2.52 bits per heavy atom. The van der Waals surface area contributed by atoms with E-state index in [-0.39, 0.29) is 17.9 Å². The van der Waals surface area contributed by atoms with Crippen LogP contribution in [0.25, 0.3) is 11.3 Å². The van der Waals surface area contributed by atoms with Crippen molar-refractivity contribution in [1.29, 1.82) is 0 Å². The predicted molar refractivity (Wildman–Crippen MR) is 114 cm³/mol. The number of rotatable bonds is 6. The summed E-state index contributed by atoms with van der Waals surface area (Å²) in [7, 11) is 1.98. The highest BCUT2D eigenvalue weighted by Crippen LogP contribution is 2.21. The van der Waals surface area contributed by atoms with Gasteiger partial charge in [-0.2, -0.15) is 5.10 Å². The van der Waals surface area contributed by atoms with Crippen LogP contribution in [0.15, 0.2) is 30.3 Å². The van der Waals surface area contributed by atoms with Crippen LogP contribution in [0.1, 0.15) is 42.7 Å². The lowest BCUT2D eigenvalue weighted by atomic mass is 10.0. The third-order valence-corrected chi connectivity index (χ3v) is 5.37. The first-order chi connectivity index (χ1) is 13.8. The molecule has 29 heavy (non-hydrogen) atoms. The van der Waals surface area contributed by atoms with E-state index in [2.05, 4.69) is 20.4 Å². The predicted octanol–water partition coefficient (Wildman–Crippen LogP) is 2.45. The molecule has 1 saturated heterocycles. The molecule has 1 fully saturated rings. The number of nitrogens with zero attached hydrogens (tertiary/aromatic N) is 3. The molecule has 7 nitrogen and oxygen atoms in total. The smallest absolute Gasteiger partial charge is 0.271 e. The van der Waals surface area contributed by atoms with E-state index in [9.17, 15) is 9.59 Å². The van der Waals surface area contributed by atoms with Crippen LogP contribution in [0.2, 0.25) is 0 Å². The van der Waals surface area contributed by atoms with Crippen LogP contribution >= 0.6 is 0 Å². The molecule has 3 rings (SSSR count). The summed E-state index contributed by atoms with van der Waals surface area (Å²) in [6, 6.07) is 10.4. The number of benzene rings is 1. The van der Waals surface area contributed by atoms with E-state index in [4.69, 9.17) is 0 Å². The highest BCUT2D eigenvalue weighted by atomic mass is 16.2. The molecule has 2 N–H and O–H groups in total. The summed E-state index contributed by atoms with van der Waals surface area (Å²) in [5.74, 6) is 0.0246. The molecule has 156 valence electrons. The number of H-pyrrole nitrogens is 1. The van der Waals surface area contributed by atoms with Crippen molar-refractivity contribution >= 4 is 11.8 Å². The third kappa shape index (κ3) is 5.44. The normalized spacial score (nSPS) is 15.2. The quantitative estimate of drug-likeness (QED) is 0.785. The topological polar surface area (TPSA) is 81.3 Å². The van der Waals surface area contributed by atoms with Crippen LogP contribution in [-0.4, -0.2) is 70.6 Å². The molecule has 0 atom stereocenters. The third-order valence-electron chi connectivity index (χ3n) is 5.37. The second kappa shape index (κ2) is 9.22. The first-order valence-corrected chi connectivity index (χ1v) is 10.2. The molecule has 7 heteroatoms. The van der Waals surface area contributed by atoms with Crippen LogP contribution < -0.4 is 5.32 Å². The van der Waals surface area contributed by atoms with Crippen molar-refractivity contribution in [2.24, 2.45) is 0 Å². The molecular weight excluding hydrogens is 366 g/mol. The summed E-state index contributed by atoms with van der Waals surface area (Å²) < 4.78 is 0.